The van der Waals surface area contributed by atoms with Crippen molar-refractivity contribution in [1.82, 2.24) is 0 Å². The van der Waals surface area contributed by atoms with Gasteiger partial charge in [0.2, 0.25) is 0 Å². The molecule has 0 aromatic rings. The Hall–Kier alpha value is -0.193. The molecule has 2 fully saturated rings. The number of hydrogen-bond acceptors (Lipinski definition) is 3. The SMILES string of the molecule is CC[Si](CC)(CC)OC(C)(C)CCC[C@](C)(O)[C@H]1CC[C@H]2C(=O)CCC[C@@]21C. The maximum absolute atomic E-state index is 12.4. The number of rotatable bonds is 10. The predicted molar refractivity (Wildman–Crippen MR) is 120 cm³/mol. The summed E-state index contributed by atoms with van der Waals surface area (Å²) in [6.07, 6.45) is 7.59. The largest absolute Gasteiger partial charge is 0.412 e. The maximum Gasteiger partial charge on any atom is 0.192 e. The number of aliphatic hydroxyl groups is 1. The molecule has 4 heteroatoms. The number of hydrogen-bond donors (Lipinski definition) is 1. The first kappa shape index (κ1) is 24.1. The molecule has 0 aromatic carbocycles. The van der Waals surface area contributed by atoms with Crippen LogP contribution in [0.4, 0.5) is 0 Å². The van der Waals surface area contributed by atoms with Crippen molar-refractivity contribution in [2.24, 2.45) is 17.3 Å². The number of Topliss-reactive ketones (excluding diaryl/α,β-unsaturated/α-hetero) is 1. The summed E-state index contributed by atoms with van der Waals surface area (Å²) in [5, 5.41) is 11.4. The second-order valence-corrected chi connectivity index (χ2v) is 15.5. The molecule has 28 heavy (non-hydrogen) atoms. The first-order chi connectivity index (χ1) is 13.0. The monoisotopic (exact) mass is 410 g/mol. The predicted octanol–water partition coefficient (Wildman–Crippen LogP) is 6.49. The van der Waals surface area contributed by atoms with Gasteiger partial charge >= 0.3 is 0 Å². The van der Waals surface area contributed by atoms with Crippen molar-refractivity contribution in [3.63, 3.8) is 0 Å². The van der Waals surface area contributed by atoms with Crippen LogP contribution in [-0.4, -0.2) is 30.4 Å². The van der Waals surface area contributed by atoms with Gasteiger partial charge in [0.25, 0.3) is 0 Å². The summed E-state index contributed by atoms with van der Waals surface area (Å²) in [7, 11) is -1.62. The third-order valence-electron chi connectivity index (χ3n) is 8.50. The lowest BCUT2D eigenvalue weighted by atomic mass is 9.60. The van der Waals surface area contributed by atoms with Crippen LogP contribution in [0.5, 0.6) is 0 Å². The third kappa shape index (κ3) is 4.92. The van der Waals surface area contributed by atoms with Crippen molar-refractivity contribution in [1.29, 1.82) is 0 Å². The zero-order chi connectivity index (χ0) is 21.2. The Kier molecular flexibility index (Phi) is 7.65. The van der Waals surface area contributed by atoms with E-state index in [4.69, 9.17) is 4.43 Å². The highest BCUT2D eigenvalue weighted by atomic mass is 28.4. The molecular formula is C24H46O3Si. The summed E-state index contributed by atoms with van der Waals surface area (Å²) in [6.45, 7) is 15.6. The fourth-order valence-electron chi connectivity index (χ4n) is 6.60. The number of ketones is 1. The lowest BCUT2D eigenvalue weighted by Gasteiger charge is -2.46. The molecular weight excluding hydrogens is 364 g/mol. The van der Waals surface area contributed by atoms with Gasteiger partial charge in [-0.25, -0.2) is 0 Å². The molecule has 2 aliphatic carbocycles. The molecule has 0 spiro atoms. The van der Waals surface area contributed by atoms with Gasteiger partial charge in [0, 0.05) is 12.3 Å². The highest BCUT2D eigenvalue weighted by Gasteiger charge is 2.56. The van der Waals surface area contributed by atoms with Crippen molar-refractivity contribution in [3.05, 3.63) is 0 Å². The molecule has 0 unspecified atom stereocenters. The Morgan fingerprint density at radius 3 is 2.29 bits per heavy atom. The van der Waals surface area contributed by atoms with Crippen LogP contribution in [0.25, 0.3) is 0 Å². The zero-order valence-electron chi connectivity index (χ0n) is 19.7. The van der Waals surface area contributed by atoms with Gasteiger partial charge in [0.1, 0.15) is 5.78 Å². The summed E-state index contributed by atoms with van der Waals surface area (Å²) in [5.41, 5.74) is -0.807. The van der Waals surface area contributed by atoms with Gasteiger partial charge in [-0.2, -0.15) is 0 Å². The third-order valence-corrected chi connectivity index (χ3v) is 13.4. The van der Waals surface area contributed by atoms with Crippen molar-refractivity contribution in [2.75, 3.05) is 0 Å². The summed E-state index contributed by atoms with van der Waals surface area (Å²) in [5.74, 6) is 0.873. The van der Waals surface area contributed by atoms with E-state index in [0.29, 0.717) is 5.78 Å². The van der Waals surface area contributed by atoms with Crippen LogP contribution in [0.1, 0.15) is 99.8 Å². The quantitative estimate of drug-likeness (QED) is 0.418. The van der Waals surface area contributed by atoms with Gasteiger partial charge < -0.3 is 9.53 Å². The molecule has 0 bridgehead atoms. The molecule has 0 saturated heterocycles. The van der Waals surface area contributed by atoms with Crippen molar-refractivity contribution >= 4 is 14.1 Å². The van der Waals surface area contributed by atoms with Crippen LogP contribution in [0.3, 0.4) is 0 Å². The van der Waals surface area contributed by atoms with E-state index in [9.17, 15) is 9.90 Å². The molecule has 3 nitrogen and oxygen atoms in total. The summed E-state index contributed by atoms with van der Waals surface area (Å²) < 4.78 is 6.75. The Labute approximate surface area is 175 Å². The minimum atomic E-state index is -1.62. The van der Waals surface area contributed by atoms with E-state index < -0.39 is 13.9 Å². The lowest BCUT2D eigenvalue weighted by molar-refractivity contribution is -0.133. The van der Waals surface area contributed by atoms with Crippen LogP contribution >= 0.6 is 0 Å². The standard InChI is InChI=1S/C24H46O3Si/c1-8-28(9-2,10-3)27-22(4,5)16-12-18-24(7,26)21-15-14-19-20(25)13-11-17-23(19,21)6/h19,21,26H,8-18H2,1-7H3/t19-,21-,23-,24-/m0/s1. The van der Waals surface area contributed by atoms with Crippen LogP contribution in [-0.2, 0) is 9.22 Å². The number of carbonyl (C=O) groups is 1. The molecule has 1 N–H and O–H groups in total. The molecule has 2 aliphatic rings. The van der Waals surface area contributed by atoms with E-state index in [2.05, 4.69) is 41.5 Å². The van der Waals surface area contributed by atoms with Gasteiger partial charge in [0.05, 0.1) is 11.2 Å². The normalized spacial score (nSPS) is 30.9. The van der Waals surface area contributed by atoms with Crippen LogP contribution in [0, 0.1) is 17.3 Å². The highest BCUT2D eigenvalue weighted by Crippen LogP contribution is 2.58. The van der Waals surface area contributed by atoms with E-state index in [1.165, 1.54) is 18.1 Å². The maximum atomic E-state index is 12.4. The average molecular weight is 411 g/mol. The fourth-order valence-corrected chi connectivity index (χ4v) is 9.81. The fraction of sp³-hybridized carbons (Fsp3) is 0.958. The number of carbonyl (C=O) groups excluding carboxylic acids is 1. The van der Waals surface area contributed by atoms with Gasteiger partial charge in [0.15, 0.2) is 8.32 Å². The molecule has 164 valence electrons. The topological polar surface area (TPSA) is 46.5 Å². The van der Waals surface area contributed by atoms with E-state index in [1.54, 1.807) is 0 Å². The van der Waals surface area contributed by atoms with E-state index in [1.807, 2.05) is 6.92 Å². The molecule has 4 atom stereocenters. The molecule has 0 aliphatic heterocycles. The zero-order valence-corrected chi connectivity index (χ0v) is 20.7. The van der Waals surface area contributed by atoms with Gasteiger partial charge in [-0.15, -0.1) is 0 Å². The lowest BCUT2D eigenvalue weighted by Crippen LogP contribution is -2.47. The van der Waals surface area contributed by atoms with E-state index in [0.717, 1.165) is 51.4 Å². The van der Waals surface area contributed by atoms with Crippen molar-refractivity contribution in [2.45, 2.75) is 129 Å². The van der Waals surface area contributed by atoms with Gasteiger partial charge in [-0.3, -0.25) is 4.79 Å². The molecule has 0 heterocycles. The molecule has 0 radical (unpaired) electrons. The van der Waals surface area contributed by atoms with Crippen molar-refractivity contribution < 1.29 is 14.3 Å². The van der Waals surface area contributed by atoms with Crippen LogP contribution < -0.4 is 0 Å². The van der Waals surface area contributed by atoms with Crippen LogP contribution in [0.15, 0.2) is 0 Å². The Morgan fingerprint density at radius 1 is 1.11 bits per heavy atom. The van der Waals surface area contributed by atoms with E-state index in [-0.39, 0.29) is 22.9 Å². The molecule has 2 rings (SSSR count). The Morgan fingerprint density at radius 2 is 1.71 bits per heavy atom. The van der Waals surface area contributed by atoms with Crippen molar-refractivity contribution in [3.8, 4) is 0 Å². The minimum Gasteiger partial charge on any atom is -0.412 e. The van der Waals surface area contributed by atoms with Gasteiger partial charge in [-0.05, 0) is 95.2 Å². The molecule has 0 amide bonds. The molecule has 2 saturated carbocycles. The van der Waals surface area contributed by atoms with E-state index >= 15 is 0 Å². The number of fused-ring (bicyclic) bond motifs is 1. The first-order valence-corrected chi connectivity index (χ1v) is 14.4. The summed E-state index contributed by atoms with van der Waals surface area (Å²) >= 11 is 0. The summed E-state index contributed by atoms with van der Waals surface area (Å²) in [6, 6.07) is 3.53. The second kappa shape index (κ2) is 8.89. The highest BCUT2D eigenvalue weighted by molar-refractivity contribution is 6.73. The van der Waals surface area contributed by atoms with Crippen LogP contribution in [0.2, 0.25) is 18.1 Å². The smallest absolute Gasteiger partial charge is 0.192 e. The summed E-state index contributed by atoms with van der Waals surface area (Å²) in [4.78, 5) is 12.4. The minimum absolute atomic E-state index is 0.000446. The van der Waals surface area contributed by atoms with Gasteiger partial charge in [-0.1, -0.05) is 27.7 Å². The first-order valence-electron chi connectivity index (χ1n) is 11.9. The molecule has 0 aromatic heterocycles. The second-order valence-electron chi connectivity index (χ2n) is 10.8. The average Bonchev–Trinajstić information content (AvgIpc) is 2.99. The Balaban J connectivity index is 1.97. The Bertz CT molecular complexity index is 530.